The summed E-state index contributed by atoms with van der Waals surface area (Å²) >= 11 is 0. The van der Waals surface area contributed by atoms with Gasteiger partial charge in [-0.1, -0.05) is 37.0 Å². The monoisotopic (exact) mass is 347 g/mol. The molecule has 1 saturated carbocycles. The summed E-state index contributed by atoms with van der Waals surface area (Å²) in [6.07, 6.45) is 5.08. The Balaban J connectivity index is 1.83. The van der Waals surface area contributed by atoms with E-state index in [0.717, 1.165) is 37.6 Å². The second kappa shape index (κ2) is 8.26. The van der Waals surface area contributed by atoms with Crippen molar-refractivity contribution in [2.75, 3.05) is 11.9 Å². The van der Waals surface area contributed by atoms with Gasteiger partial charge >= 0.3 is 6.03 Å². The molecule has 0 bridgehead atoms. The molecule has 1 N–H and O–H groups in total. The topological polar surface area (TPSA) is 73.2 Å². The second-order valence-electron chi connectivity index (χ2n) is 6.22. The van der Waals surface area contributed by atoms with Gasteiger partial charge in [0.25, 0.3) is 0 Å². The van der Waals surface area contributed by atoms with E-state index in [1.54, 1.807) is 24.1 Å². The summed E-state index contributed by atoms with van der Waals surface area (Å²) in [7, 11) is 1.57. The van der Waals surface area contributed by atoms with E-state index >= 15 is 0 Å². The van der Waals surface area contributed by atoms with Gasteiger partial charge in [-0.15, -0.1) is 10.2 Å². The molecule has 1 heterocycles. The van der Waals surface area contributed by atoms with Crippen LogP contribution in [-0.2, 0) is 0 Å². The number of hydrogen-bond acceptors (Lipinski definition) is 4. The zero-order chi connectivity index (χ0) is 18.4. The summed E-state index contributed by atoms with van der Waals surface area (Å²) in [5, 5.41) is 15.7. The Morgan fingerprint density at radius 1 is 1.12 bits per heavy atom. The number of urea groups is 1. The highest BCUT2D eigenvalue weighted by Crippen LogP contribution is 2.27. The zero-order valence-electron chi connectivity index (χ0n) is 14.7. The standard InChI is InChI=1S/C20H21N5O/c1-24(15-21)20(26)25(18-9-5-6-10-18)19-14-13-17(22-23-19)12-11-16-7-3-2-4-8-16/h2-4,7-8,13-15,18,21H,5-6,9-10H2,1H3. The van der Waals surface area contributed by atoms with Crippen LogP contribution < -0.4 is 4.90 Å². The molecule has 1 fully saturated rings. The van der Waals surface area contributed by atoms with Crippen molar-refractivity contribution in [3.05, 3.63) is 53.7 Å². The molecule has 132 valence electrons. The van der Waals surface area contributed by atoms with Crippen LogP contribution in [0.15, 0.2) is 42.5 Å². The smallest absolute Gasteiger partial charge is 0.291 e. The minimum Gasteiger partial charge on any atom is -0.291 e. The summed E-state index contributed by atoms with van der Waals surface area (Å²) in [6.45, 7) is 0. The maximum absolute atomic E-state index is 12.7. The van der Waals surface area contributed by atoms with Crippen LogP contribution in [0, 0.1) is 17.3 Å². The number of aromatic nitrogens is 2. The van der Waals surface area contributed by atoms with E-state index in [-0.39, 0.29) is 12.1 Å². The van der Waals surface area contributed by atoms with Crippen molar-refractivity contribution in [2.45, 2.75) is 31.7 Å². The highest BCUT2D eigenvalue weighted by Gasteiger charge is 2.30. The zero-order valence-corrected chi connectivity index (χ0v) is 14.7. The number of carbonyl (C=O) groups excluding carboxylic acids is 1. The molecule has 26 heavy (non-hydrogen) atoms. The van der Waals surface area contributed by atoms with Gasteiger partial charge < -0.3 is 0 Å². The van der Waals surface area contributed by atoms with Gasteiger partial charge in [-0.25, -0.2) is 4.79 Å². The molecule has 0 atom stereocenters. The number of hydrogen-bond donors (Lipinski definition) is 1. The third kappa shape index (κ3) is 4.06. The first-order valence-electron chi connectivity index (χ1n) is 8.66. The molecule has 0 unspecified atom stereocenters. The fourth-order valence-corrected chi connectivity index (χ4v) is 3.01. The largest absolute Gasteiger partial charge is 0.330 e. The van der Waals surface area contributed by atoms with Crippen LogP contribution in [0.5, 0.6) is 0 Å². The molecule has 0 saturated heterocycles. The second-order valence-corrected chi connectivity index (χ2v) is 6.22. The number of benzene rings is 1. The van der Waals surface area contributed by atoms with Gasteiger partial charge in [-0.05, 0) is 43.0 Å². The van der Waals surface area contributed by atoms with Crippen molar-refractivity contribution in [3.63, 3.8) is 0 Å². The molecule has 6 nitrogen and oxygen atoms in total. The maximum Gasteiger partial charge on any atom is 0.330 e. The lowest BCUT2D eigenvalue weighted by Crippen LogP contribution is -2.46. The van der Waals surface area contributed by atoms with Gasteiger partial charge in [0.15, 0.2) is 5.82 Å². The molecule has 1 aromatic carbocycles. The Labute approximate surface area is 153 Å². The van der Waals surface area contributed by atoms with E-state index in [4.69, 9.17) is 5.41 Å². The number of anilines is 1. The third-order valence-corrected chi connectivity index (χ3v) is 4.40. The number of carbonyl (C=O) groups is 1. The number of amides is 2. The van der Waals surface area contributed by atoms with Crippen molar-refractivity contribution in [3.8, 4) is 11.8 Å². The quantitative estimate of drug-likeness (QED) is 0.526. The highest BCUT2D eigenvalue weighted by atomic mass is 16.2. The maximum atomic E-state index is 12.7. The molecule has 2 aromatic rings. The van der Waals surface area contributed by atoms with Crippen molar-refractivity contribution >= 4 is 18.2 Å². The molecule has 3 rings (SSSR count). The molecule has 1 aromatic heterocycles. The van der Waals surface area contributed by atoms with E-state index in [1.807, 2.05) is 30.3 Å². The Hall–Kier alpha value is -3.20. The van der Waals surface area contributed by atoms with Crippen LogP contribution in [0.1, 0.15) is 36.9 Å². The first-order valence-corrected chi connectivity index (χ1v) is 8.66. The Bertz CT molecular complexity index is 817. The summed E-state index contributed by atoms with van der Waals surface area (Å²) in [6, 6.07) is 13.1. The van der Waals surface area contributed by atoms with Gasteiger partial charge in [0.2, 0.25) is 0 Å². The summed E-state index contributed by atoms with van der Waals surface area (Å²) in [4.78, 5) is 15.6. The van der Waals surface area contributed by atoms with Crippen LogP contribution in [0.3, 0.4) is 0 Å². The van der Waals surface area contributed by atoms with Crippen LogP contribution >= 0.6 is 0 Å². The Morgan fingerprint density at radius 2 is 1.85 bits per heavy atom. The minimum atomic E-state index is -0.260. The number of rotatable bonds is 3. The van der Waals surface area contributed by atoms with Crippen LogP contribution in [0.2, 0.25) is 0 Å². The highest BCUT2D eigenvalue weighted by molar-refractivity contribution is 5.97. The van der Waals surface area contributed by atoms with Crippen molar-refractivity contribution in [1.82, 2.24) is 15.1 Å². The lowest BCUT2D eigenvalue weighted by molar-refractivity contribution is 0.230. The van der Waals surface area contributed by atoms with Gasteiger partial charge in [-0.3, -0.25) is 15.2 Å². The fraction of sp³-hybridized carbons (Fsp3) is 0.300. The molecule has 2 amide bonds. The lowest BCUT2D eigenvalue weighted by Gasteiger charge is -2.29. The molecule has 1 aliphatic rings. The van der Waals surface area contributed by atoms with Crippen molar-refractivity contribution in [2.24, 2.45) is 0 Å². The molecule has 0 radical (unpaired) electrons. The SMILES string of the molecule is CN(C=N)C(=O)N(c1ccc(C#Cc2ccccc2)nn1)C1CCCC1. The normalized spacial score (nSPS) is 13.6. The first-order chi connectivity index (χ1) is 12.7. The number of nitrogens with one attached hydrogen (secondary N) is 1. The predicted molar refractivity (Wildman–Crippen MR) is 101 cm³/mol. The van der Waals surface area contributed by atoms with Gasteiger partial charge in [-0.2, -0.15) is 0 Å². The third-order valence-electron chi connectivity index (χ3n) is 4.40. The van der Waals surface area contributed by atoms with Gasteiger partial charge in [0.1, 0.15) is 5.69 Å². The fourth-order valence-electron chi connectivity index (χ4n) is 3.01. The Morgan fingerprint density at radius 3 is 2.46 bits per heavy atom. The van der Waals surface area contributed by atoms with E-state index in [1.165, 1.54) is 4.90 Å². The first kappa shape index (κ1) is 17.6. The minimum absolute atomic E-state index is 0.0976. The van der Waals surface area contributed by atoms with Gasteiger partial charge in [0.05, 0.1) is 6.34 Å². The molecule has 0 spiro atoms. The molecule has 6 heteroatoms. The predicted octanol–water partition coefficient (Wildman–Crippen LogP) is 3.28. The Kier molecular flexibility index (Phi) is 5.59. The average molecular weight is 347 g/mol. The average Bonchev–Trinajstić information content (AvgIpc) is 3.22. The van der Waals surface area contributed by atoms with E-state index in [0.29, 0.717) is 11.5 Å². The molecule has 0 aliphatic heterocycles. The summed E-state index contributed by atoms with van der Waals surface area (Å²) in [5.41, 5.74) is 1.46. The van der Waals surface area contributed by atoms with E-state index in [2.05, 4.69) is 22.0 Å². The van der Waals surface area contributed by atoms with E-state index in [9.17, 15) is 4.79 Å². The summed E-state index contributed by atoms with van der Waals surface area (Å²) in [5.74, 6) is 6.53. The van der Waals surface area contributed by atoms with Crippen LogP contribution in [-0.4, -0.2) is 40.6 Å². The van der Waals surface area contributed by atoms with Crippen molar-refractivity contribution < 1.29 is 4.79 Å². The van der Waals surface area contributed by atoms with E-state index < -0.39 is 0 Å². The number of nitrogens with zero attached hydrogens (tertiary/aromatic N) is 4. The molecule has 1 aliphatic carbocycles. The molecular weight excluding hydrogens is 326 g/mol. The van der Waals surface area contributed by atoms with Crippen LogP contribution in [0.25, 0.3) is 0 Å². The molecular formula is C20H21N5O. The van der Waals surface area contributed by atoms with Crippen LogP contribution in [0.4, 0.5) is 10.6 Å². The summed E-state index contributed by atoms with van der Waals surface area (Å²) < 4.78 is 0. The lowest BCUT2D eigenvalue weighted by atomic mass is 10.2. The van der Waals surface area contributed by atoms with Gasteiger partial charge in [0, 0.05) is 18.7 Å². The van der Waals surface area contributed by atoms with Crippen molar-refractivity contribution in [1.29, 1.82) is 5.41 Å².